The van der Waals surface area contributed by atoms with E-state index in [1.165, 1.54) is 26.4 Å². The third kappa shape index (κ3) is 10.7. The number of benzene rings is 8. The Morgan fingerprint density at radius 2 is 1.06 bits per heavy atom. The van der Waals surface area contributed by atoms with Gasteiger partial charge < -0.3 is 34.8 Å². The van der Waals surface area contributed by atoms with Gasteiger partial charge in [0, 0.05) is 45.4 Å². The number of methoxy groups -OCH3 is 3. The van der Waals surface area contributed by atoms with E-state index in [-0.39, 0.29) is 44.9 Å². The Hall–Kier alpha value is -8.49. The highest BCUT2D eigenvalue weighted by molar-refractivity contribution is 7.86. The third-order valence-electron chi connectivity index (χ3n) is 10.8. The van der Waals surface area contributed by atoms with E-state index in [0.29, 0.717) is 50.0 Å². The van der Waals surface area contributed by atoms with Crippen molar-refractivity contribution >= 4 is 88.5 Å². The number of phenolic OH excluding ortho intramolecular Hbond substituents is 1. The van der Waals surface area contributed by atoms with Crippen molar-refractivity contribution in [2.75, 3.05) is 26.6 Å². The first kappa shape index (κ1) is 47.0. The second kappa shape index (κ2) is 20.6. The summed E-state index contributed by atoms with van der Waals surface area (Å²) in [6, 6.07) is 37.4. The van der Waals surface area contributed by atoms with E-state index in [4.69, 9.17) is 14.2 Å². The molecule has 0 aliphatic heterocycles. The van der Waals surface area contributed by atoms with Crippen molar-refractivity contribution in [3.05, 3.63) is 150 Å². The summed E-state index contributed by atoms with van der Waals surface area (Å²) < 4.78 is 49.9. The van der Waals surface area contributed by atoms with E-state index in [2.05, 4.69) is 46.2 Å². The summed E-state index contributed by atoms with van der Waals surface area (Å²) in [5.74, 6) is 1.24. The molecule has 8 aromatic carbocycles. The molecular formula is C50H43N9O9S. The minimum atomic E-state index is -4.45. The van der Waals surface area contributed by atoms with Crippen LogP contribution in [-0.4, -0.2) is 49.6 Å². The first-order valence-corrected chi connectivity index (χ1v) is 22.4. The van der Waals surface area contributed by atoms with Crippen molar-refractivity contribution in [1.29, 1.82) is 0 Å². The second-order valence-electron chi connectivity index (χ2n) is 15.3. The van der Waals surface area contributed by atoms with Gasteiger partial charge >= 0.3 is 0 Å². The second-order valence-corrected chi connectivity index (χ2v) is 16.6. The predicted octanol–water partition coefficient (Wildman–Crippen LogP) is 13.7. The molecule has 0 aliphatic rings. The summed E-state index contributed by atoms with van der Waals surface area (Å²) in [5, 5.41) is 72.3. The maximum atomic E-state index is 11.9. The first-order chi connectivity index (χ1) is 33.4. The lowest BCUT2D eigenvalue weighted by molar-refractivity contribution is 0.282. The number of hydrogen-bond donors (Lipinski definition) is 5. The van der Waals surface area contributed by atoms with Gasteiger partial charge in [-0.05, 0) is 120 Å². The number of phenols is 1. The SMILES string of the molecule is COc1ccc(Nc2ccc3c(O)c(N=Nc4cc(CO)c(N=Nc5cc(CO)c(N=Nc6ccc(N=Nc7ccc8cccc(S(=O)(=O)O)c8c7)c(C)c6)cc5OC)cc4OC)ccc3c2)cc1. The lowest BCUT2D eigenvalue weighted by atomic mass is 10.1. The quantitative estimate of drug-likeness (QED) is 0.0452. The van der Waals surface area contributed by atoms with Crippen LogP contribution in [0.2, 0.25) is 0 Å². The Morgan fingerprint density at radius 1 is 0.507 bits per heavy atom. The zero-order chi connectivity index (χ0) is 48.7. The average Bonchev–Trinajstić information content (AvgIpc) is 3.36. The molecule has 0 saturated heterocycles. The van der Waals surface area contributed by atoms with Crippen LogP contribution < -0.4 is 19.5 Å². The van der Waals surface area contributed by atoms with Crippen LogP contribution in [0.25, 0.3) is 21.5 Å². The molecule has 69 heavy (non-hydrogen) atoms. The normalized spacial score (nSPS) is 12.0. The summed E-state index contributed by atoms with van der Waals surface area (Å²) in [4.78, 5) is -0.221. The number of fused-ring (bicyclic) bond motifs is 2. The summed E-state index contributed by atoms with van der Waals surface area (Å²) in [6.45, 7) is 0.977. The molecule has 0 spiro atoms. The van der Waals surface area contributed by atoms with Crippen LogP contribution >= 0.6 is 0 Å². The van der Waals surface area contributed by atoms with Crippen molar-refractivity contribution in [3.63, 3.8) is 0 Å². The Balaban J connectivity index is 0.976. The summed E-state index contributed by atoms with van der Waals surface area (Å²) in [7, 11) is 0.0659. The van der Waals surface area contributed by atoms with Crippen molar-refractivity contribution in [2.45, 2.75) is 25.0 Å². The van der Waals surface area contributed by atoms with E-state index >= 15 is 0 Å². The van der Waals surface area contributed by atoms with E-state index in [0.717, 1.165) is 28.1 Å². The largest absolute Gasteiger partial charge is 0.505 e. The van der Waals surface area contributed by atoms with Gasteiger partial charge in [-0.3, -0.25) is 4.55 Å². The minimum Gasteiger partial charge on any atom is -0.505 e. The van der Waals surface area contributed by atoms with Gasteiger partial charge in [0.25, 0.3) is 10.1 Å². The molecule has 0 amide bonds. The van der Waals surface area contributed by atoms with Gasteiger partial charge in [0.15, 0.2) is 5.75 Å². The Morgan fingerprint density at radius 3 is 1.67 bits per heavy atom. The Kier molecular flexibility index (Phi) is 14.0. The molecule has 348 valence electrons. The number of nitrogens with one attached hydrogen (secondary N) is 1. The summed E-state index contributed by atoms with van der Waals surface area (Å²) in [5.41, 5.74) is 5.87. The van der Waals surface area contributed by atoms with Crippen LogP contribution in [0, 0.1) is 6.92 Å². The monoisotopic (exact) mass is 945 g/mol. The Bertz CT molecular complexity index is 3470. The van der Waals surface area contributed by atoms with Crippen molar-refractivity contribution in [1.82, 2.24) is 0 Å². The van der Waals surface area contributed by atoms with Crippen molar-refractivity contribution in [3.8, 4) is 23.0 Å². The van der Waals surface area contributed by atoms with E-state index in [1.54, 1.807) is 86.0 Å². The molecule has 0 atom stereocenters. The van der Waals surface area contributed by atoms with Crippen LogP contribution in [-0.2, 0) is 23.3 Å². The molecule has 0 bridgehead atoms. The fourth-order valence-corrected chi connectivity index (χ4v) is 7.90. The number of anilines is 2. The molecule has 0 radical (unpaired) electrons. The van der Waals surface area contributed by atoms with E-state index in [9.17, 15) is 28.3 Å². The molecule has 18 nitrogen and oxygen atoms in total. The van der Waals surface area contributed by atoms with Crippen LogP contribution in [0.3, 0.4) is 0 Å². The molecule has 8 rings (SSSR count). The van der Waals surface area contributed by atoms with Gasteiger partial charge in [0.05, 0.1) is 63.0 Å². The number of aliphatic hydroxyl groups is 2. The molecule has 8 aromatic rings. The van der Waals surface area contributed by atoms with Crippen LogP contribution in [0.1, 0.15) is 16.7 Å². The van der Waals surface area contributed by atoms with Crippen LogP contribution in [0.5, 0.6) is 23.0 Å². The van der Waals surface area contributed by atoms with Crippen molar-refractivity contribution in [2.24, 2.45) is 40.9 Å². The highest BCUT2D eigenvalue weighted by Gasteiger charge is 2.16. The number of aliphatic hydroxyl groups excluding tert-OH is 2. The predicted molar refractivity (Wildman–Crippen MR) is 261 cm³/mol. The fraction of sp³-hybridized carbons (Fsp3) is 0.120. The minimum absolute atomic E-state index is 0.0605. The molecule has 0 aromatic heterocycles. The molecule has 0 unspecified atom stereocenters. The third-order valence-corrected chi connectivity index (χ3v) is 11.7. The number of hydrogen-bond acceptors (Lipinski definition) is 17. The number of aromatic hydroxyl groups is 1. The highest BCUT2D eigenvalue weighted by Crippen LogP contribution is 2.42. The molecule has 0 fully saturated rings. The molecule has 19 heteroatoms. The maximum absolute atomic E-state index is 11.9. The fourth-order valence-electron chi connectivity index (χ4n) is 7.20. The Labute approximate surface area is 395 Å². The van der Waals surface area contributed by atoms with Crippen LogP contribution in [0.4, 0.5) is 56.9 Å². The van der Waals surface area contributed by atoms with Gasteiger partial charge in [-0.25, -0.2) is 0 Å². The molecule has 0 heterocycles. The molecule has 5 N–H and O–H groups in total. The number of nitrogens with zero attached hydrogens (tertiary/aromatic N) is 8. The highest BCUT2D eigenvalue weighted by atomic mass is 32.2. The van der Waals surface area contributed by atoms with Gasteiger partial charge in [-0.1, -0.05) is 24.3 Å². The maximum Gasteiger partial charge on any atom is 0.295 e. The molecule has 0 aliphatic carbocycles. The smallest absolute Gasteiger partial charge is 0.295 e. The zero-order valence-electron chi connectivity index (χ0n) is 37.4. The summed E-state index contributed by atoms with van der Waals surface area (Å²) >= 11 is 0. The van der Waals surface area contributed by atoms with E-state index < -0.39 is 23.3 Å². The first-order valence-electron chi connectivity index (χ1n) is 21.0. The van der Waals surface area contributed by atoms with E-state index in [1.807, 2.05) is 49.4 Å². The van der Waals surface area contributed by atoms with Crippen LogP contribution in [0.15, 0.2) is 179 Å². The van der Waals surface area contributed by atoms with Crippen molar-refractivity contribution < 1.29 is 42.5 Å². The van der Waals surface area contributed by atoms with Gasteiger partial charge in [-0.15, -0.1) is 20.5 Å². The zero-order valence-corrected chi connectivity index (χ0v) is 38.2. The number of aryl methyl sites for hydroxylation is 1. The standard InChI is InChI=1S/C50H43N9O9S/c1-29-20-36(14-19-41(29)54-53-37-10-8-30-6-5-7-49(40(30)24-37)69(63,64)65)52-56-43-25-47(67-3)46(22-32(43)27-60)59-57-44-26-48(68-4)45(23-33(44)28-61)58-55-42-18-9-31-21-35(13-17-39(31)50(42)62)51-34-11-15-38(66-2)16-12-34/h5-26,51,60-62H,27-28H2,1-4H3,(H,63,64,65). The molecule has 0 saturated carbocycles. The lowest BCUT2D eigenvalue weighted by Gasteiger charge is -2.11. The lowest BCUT2D eigenvalue weighted by Crippen LogP contribution is -1.98. The number of azo groups is 4. The van der Waals surface area contributed by atoms with Gasteiger partial charge in [-0.2, -0.15) is 28.9 Å². The number of ether oxygens (including phenoxy) is 3. The topological polar surface area (TPSA) is 254 Å². The summed E-state index contributed by atoms with van der Waals surface area (Å²) in [6.07, 6.45) is 0. The molecular weight excluding hydrogens is 903 g/mol. The van der Waals surface area contributed by atoms with Gasteiger partial charge in [0.2, 0.25) is 0 Å². The number of rotatable bonds is 16. The van der Waals surface area contributed by atoms with Gasteiger partial charge in [0.1, 0.15) is 39.2 Å². The average molecular weight is 946 g/mol.